The molecule has 0 spiro atoms. The zero-order valence-corrected chi connectivity index (χ0v) is 22.9. The monoisotopic (exact) mass is 537 g/mol. The van der Waals surface area contributed by atoms with Gasteiger partial charge in [0.2, 0.25) is 0 Å². The molecule has 0 radical (unpaired) electrons. The summed E-state index contributed by atoms with van der Waals surface area (Å²) in [5.74, 6) is 0.710. The van der Waals surface area contributed by atoms with Crippen molar-refractivity contribution in [2.45, 2.75) is 0 Å². The van der Waals surface area contributed by atoms with Crippen molar-refractivity contribution in [2.24, 2.45) is 0 Å². The molecule has 5 aromatic carbocycles. The minimum absolute atomic E-state index is 0.710. The van der Waals surface area contributed by atoms with E-state index in [2.05, 4.69) is 126 Å². The van der Waals surface area contributed by atoms with Gasteiger partial charge >= 0.3 is 0 Å². The summed E-state index contributed by atoms with van der Waals surface area (Å²) in [7, 11) is 0. The Morgan fingerprint density at radius 2 is 0.786 bits per heavy atom. The Kier molecular flexibility index (Phi) is 6.89. The maximum absolute atomic E-state index is 5.04. The van der Waals surface area contributed by atoms with Crippen molar-refractivity contribution in [3.63, 3.8) is 0 Å². The molecule has 0 saturated heterocycles. The lowest BCUT2D eigenvalue weighted by Gasteiger charge is -2.11. The van der Waals surface area contributed by atoms with Gasteiger partial charge in [0, 0.05) is 29.1 Å². The van der Waals surface area contributed by atoms with E-state index >= 15 is 0 Å². The number of hydrogen-bond donors (Lipinski definition) is 0. The Morgan fingerprint density at radius 1 is 0.310 bits per heavy atom. The van der Waals surface area contributed by atoms with Gasteiger partial charge in [-0.25, -0.2) is 9.97 Å². The van der Waals surface area contributed by atoms with E-state index < -0.39 is 0 Å². The zero-order chi connectivity index (χ0) is 28.1. The second-order valence-corrected chi connectivity index (χ2v) is 10.2. The van der Waals surface area contributed by atoms with Crippen molar-refractivity contribution in [1.29, 1.82) is 0 Å². The van der Waals surface area contributed by atoms with E-state index in [1.54, 1.807) is 6.20 Å². The third kappa shape index (κ3) is 5.36. The topological polar surface area (TPSA) is 38.7 Å². The highest BCUT2D eigenvalue weighted by Gasteiger charge is 2.12. The number of aromatic nitrogens is 3. The van der Waals surface area contributed by atoms with Crippen LogP contribution in [0.4, 0.5) is 0 Å². The van der Waals surface area contributed by atoms with Crippen LogP contribution in [0.25, 0.3) is 67.3 Å². The van der Waals surface area contributed by atoms with Gasteiger partial charge < -0.3 is 0 Å². The van der Waals surface area contributed by atoms with Crippen molar-refractivity contribution in [1.82, 2.24) is 15.0 Å². The van der Waals surface area contributed by atoms with Gasteiger partial charge in [0.05, 0.1) is 11.4 Å². The van der Waals surface area contributed by atoms with Crippen LogP contribution in [0.15, 0.2) is 164 Å². The lowest BCUT2D eigenvalue weighted by molar-refractivity contribution is 1.18. The maximum atomic E-state index is 5.04. The number of hydrogen-bond acceptors (Lipinski definition) is 3. The Bertz CT molecular complexity index is 1930. The molecule has 2 aromatic heterocycles. The fraction of sp³-hybridized carbons (Fsp3) is 0. The highest BCUT2D eigenvalue weighted by atomic mass is 14.9. The molecule has 198 valence electrons. The van der Waals surface area contributed by atoms with Crippen molar-refractivity contribution in [2.75, 3.05) is 0 Å². The lowest BCUT2D eigenvalue weighted by Crippen LogP contribution is -1.96. The Balaban J connectivity index is 1.27. The van der Waals surface area contributed by atoms with Gasteiger partial charge in [-0.2, -0.15) is 0 Å². The van der Waals surface area contributed by atoms with Crippen LogP contribution in [0, 0.1) is 0 Å². The molecule has 0 aliphatic carbocycles. The van der Waals surface area contributed by atoms with Crippen molar-refractivity contribution in [3.8, 4) is 67.3 Å². The second kappa shape index (κ2) is 11.4. The number of rotatable bonds is 6. The Morgan fingerprint density at radius 3 is 1.43 bits per heavy atom. The molecule has 0 N–H and O–H groups in total. The molecule has 0 amide bonds. The van der Waals surface area contributed by atoms with Crippen LogP contribution in [-0.2, 0) is 0 Å². The molecule has 3 nitrogen and oxygen atoms in total. The van der Waals surface area contributed by atoms with Gasteiger partial charge in [-0.3, -0.25) is 4.98 Å². The van der Waals surface area contributed by atoms with Crippen LogP contribution in [0.1, 0.15) is 0 Å². The third-order valence-corrected chi connectivity index (χ3v) is 7.42. The molecule has 0 fully saturated rings. The molecule has 0 aliphatic heterocycles. The average molecular weight is 538 g/mol. The van der Waals surface area contributed by atoms with Crippen molar-refractivity contribution in [3.05, 3.63) is 164 Å². The summed E-state index contributed by atoms with van der Waals surface area (Å²) in [6.07, 6.45) is 3.69. The van der Waals surface area contributed by atoms with Crippen molar-refractivity contribution < 1.29 is 0 Å². The zero-order valence-electron chi connectivity index (χ0n) is 22.9. The van der Waals surface area contributed by atoms with Crippen LogP contribution in [0.2, 0.25) is 0 Å². The summed E-state index contributed by atoms with van der Waals surface area (Å²) in [4.78, 5) is 14.3. The fourth-order valence-corrected chi connectivity index (χ4v) is 5.17. The van der Waals surface area contributed by atoms with Gasteiger partial charge in [0.15, 0.2) is 5.82 Å². The van der Waals surface area contributed by atoms with E-state index in [1.807, 2.05) is 36.5 Å². The van der Waals surface area contributed by atoms with Crippen LogP contribution < -0.4 is 0 Å². The molecule has 0 bridgehead atoms. The second-order valence-electron chi connectivity index (χ2n) is 10.2. The molecule has 0 unspecified atom stereocenters. The normalized spacial score (nSPS) is 10.9. The Labute approximate surface area is 245 Å². The number of nitrogens with zero attached hydrogens (tertiary/aromatic N) is 3. The van der Waals surface area contributed by atoms with E-state index in [-0.39, 0.29) is 0 Å². The van der Waals surface area contributed by atoms with Crippen LogP contribution >= 0.6 is 0 Å². The van der Waals surface area contributed by atoms with E-state index in [1.165, 1.54) is 11.1 Å². The summed E-state index contributed by atoms with van der Waals surface area (Å²) in [6, 6.07) is 52.5. The minimum atomic E-state index is 0.710. The molecular weight excluding hydrogens is 510 g/mol. The minimum Gasteiger partial charge on any atom is -0.264 e. The maximum Gasteiger partial charge on any atom is 0.160 e. The average Bonchev–Trinajstić information content (AvgIpc) is 3.09. The Hall–Kier alpha value is -5.67. The lowest BCUT2D eigenvalue weighted by atomic mass is 9.98. The summed E-state index contributed by atoms with van der Waals surface area (Å²) in [6.45, 7) is 0. The smallest absolute Gasteiger partial charge is 0.160 e. The first-order valence-corrected chi connectivity index (χ1v) is 14.0. The first kappa shape index (κ1) is 25.3. The van der Waals surface area contributed by atoms with E-state index in [4.69, 9.17) is 9.97 Å². The van der Waals surface area contributed by atoms with E-state index in [0.29, 0.717) is 5.82 Å². The number of pyridine rings is 1. The van der Waals surface area contributed by atoms with Gasteiger partial charge in [-0.15, -0.1) is 0 Å². The largest absolute Gasteiger partial charge is 0.264 e. The first-order valence-electron chi connectivity index (χ1n) is 14.0. The summed E-state index contributed by atoms with van der Waals surface area (Å²) >= 11 is 0. The molecule has 7 rings (SSSR count). The van der Waals surface area contributed by atoms with Crippen molar-refractivity contribution >= 4 is 0 Å². The predicted octanol–water partition coefficient (Wildman–Crippen LogP) is 9.87. The molecule has 7 aromatic rings. The van der Waals surface area contributed by atoms with Crippen LogP contribution in [-0.4, -0.2) is 15.0 Å². The molecule has 0 atom stereocenters. The van der Waals surface area contributed by atoms with E-state index in [9.17, 15) is 0 Å². The van der Waals surface area contributed by atoms with Gasteiger partial charge in [-0.05, 0) is 51.6 Å². The highest BCUT2D eigenvalue weighted by Crippen LogP contribution is 2.32. The molecule has 3 heteroatoms. The quantitative estimate of drug-likeness (QED) is 0.212. The molecule has 2 heterocycles. The standard InChI is InChI=1S/C39H27N3/c1-3-9-28(10-4-1)29-20-22-32(23-21-29)37-26-38(42-39(41-37)33-11-5-2-6-12-33)35-14-7-13-34(25-35)30-16-18-31(19-17-30)36-15-8-24-40-27-36/h1-27H. The number of benzene rings is 5. The van der Waals surface area contributed by atoms with Crippen LogP contribution in [0.3, 0.4) is 0 Å². The SMILES string of the molecule is c1ccc(-c2ccc(-c3cc(-c4cccc(-c5ccc(-c6cccnc6)cc5)c4)nc(-c4ccccc4)n3)cc2)cc1. The third-order valence-electron chi connectivity index (χ3n) is 7.42. The summed E-state index contributed by atoms with van der Waals surface area (Å²) < 4.78 is 0. The summed E-state index contributed by atoms with van der Waals surface area (Å²) in [5, 5.41) is 0. The first-order chi connectivity index (χ1) is 20.8. The van der Waals surface area contributed by atoms with Crippen LogP contribution in [0.5, 0.6) is 0 Å². The fourth-order valence-electron chi connectivity index (χ4n) is 5.17. The highest BCUT2D eigenvalue weighted by molar-refractivity contribution is 5.77. The van der Waals surface area contributed by atoms with Gasteiger partial charge in [0.1, 0.15) is 0 Å². The molecule has 0 saturated carbocycles. The summed E-state index contributed by atoms with van der Waals surface area (Å²) in [5.41, 5.74) is 11.8. The molecular formula is C39H27N3. The predicted molar refractivity (Wildman–Crippen MR) is 172 cm³/mol. The molecule has 42 heavy (non-hydrogen) atoms. The van der Waals surface area contributed by atoms with E-state index in [0.717, 1.165) is 50.3 Å². The van der Waals surface area contributed by atoms with Gasteiger partial charge in [-0.1, -0.05) is 133 Å². The van der Waals surface area contributed by atoms with Gasteiger partial charge in [0.25, 0.3) is 0 Å². The molecule has 0 aliphatic rings.